The predicted molar refractivity (Wildman–Crippen MR) is 74.2 cm³/mol. The van der Waals surface area contributed by atoms with Gasteiger partial charge in [-0.05, 0) is 42.7 Å². The zero-order valence-corrected chi connectivity index (χ0v) is 11.4. The van der Waals surface area contributed by atoms with Gasteiger partial charge >= 0.3 is 0 Å². The SMILES string of the molecule is O[C@H]1[C@@H]2C[C@H](CNc3nc4cccc(F)c4o3)[C@@H](C2)[C@H]1O. The topological polar surface area (TPSA) is 78.5 Å². The zero-order valence-electron chi connectivity index (χ0n) is 11.4. The lowest BCUT2D eigenvalue weighted by molar-refractivity contribution is -0.0317. The quantitative estimate of drug-likeness (QED) is 0.803. The Morgan fingerprint density at radius 1 is 1.29 bits per heavy atom. The summed E-state index contributed by atoms with van der Waals surface area (Å²) in [5.74, 6) is 0.177. The number of aromatic nitrogens is 1. The summed E-state index contributed by atoms with van der Waals surface area (Å²) in [5.41, 5.74) is 0.643. The first-order valence-corrected chi connectivity index (χ1v) is 7.28. The van der Waals surface area contributed by atoms with E-state index in [0.29, 0.717) is 18.1 Å². The van der Waals surface area contributed by atoms with Crippen LogP contribution in [0.4, 0.5) is 10.4 Å². The van der Waals surface area contributed by atoms with E-state index in [1.165, 1.54) is 6.07 Å². The molecule has 1 aromatic heterocycles. The van der Waals surface area contributed by atoms with Crippen molar-refractivity contribution in [3.05, 3.63) is 24.0 Å². The fourth-order valence-corrected chi connectivity index (χ4v) is 3.88. The third kappa shape index (κ3) is 2.01. The normalized spacial score (nSPS) is 34.7. The Balaban J connectivity index is 1.46. The van der Waals surface area contributed by atoms with Crippen molar-refractivity contribution in [3.63, 3.8) is 0 Å². The van der Waals surface area contributed by atoms with Crippen LogP contribution >= 0.6 is 0 Å². The molecule has 2 saturated carbocycles. The van der Waals surface area contributed by atoms with Crippen molar-refractivity contribution in [1.82, 2.24) is 4.98 Å². The Morgan fingerprint density at radius 3 is 2.86 bits per heavy atom. The molecular weight excluding hydrogens is 275 g/mol. The Morgan fingerprint density at radius 2 is 2.14 bits per heavy atom. The van der Waals surface area contributed by atoms with E-state index >= 15 is 0 Å². The second kappa shape index (κ2) is 4.68. The minimum atomic E-state index is -0.628. The van der Waals surface area contributed by atoms with E-state index in [2.05, 4.69) is 10.3 Å². The lowest BCUT2D eigenvalue weighted by Gasteiger charge is -2.29. The summed E-state index contributed by atoms with van der Waals surface area (Å²) >= 11 is 0. The molecule has 2 aliphatic rings. The standard InChI is InChI=1S/C15H17FN2O3/c16-10-2-1-3-11-14(10)21-15(18-11)17-6-8-4-7-5-9(8)13(20)12(7)19/h1-3,7-9,12-13,19-20H,4-6H2,(H,17,18)/t7-,8-,9-,12+,13-/m1/s1. The molecule has 2 bridgehead atoms. The highest BCUT2D eigenvalue weighted by atomic mass is 19.1. The molecule has 0 spiro atoms. The second-order valence-electron chi connectivity index (χ2n) is 6.12. The van der Waals surface area contributed by atoms with E-state index in [1.807, 2.05) is 0 Å². The van der Waals surface area contributed by atoms with Crippen LogP contribution < -0.4 is 5.32 Å². The second-order valence-corrected chi connectivity index (χ2v) is 6.12. The van der Waals surface area contributed by atoms with Gasteiger partial charge in [-0.15, -0.1) is 0 Å². The number of nitrogens with zero attached hydrogens (tertiary/aromatic N) is 1. The van der Waals surface area contributed by atoms with Gasteiger partial charge in [-0.3, -0.25) is 0 Å². The molecule has 4 rings (SSSR count). The molecule has 1 aromatic carbocycles. The number of aliphatic hydroxyl groups excluding tert-OH is 2. The minimum Gasteiger partial charge on any atom is -0.420 e. The van der Waals surface area contributed by atoms with Gasteiger partial charge in [0.15, 0.2) is 11.4 Å². The molecule has 0 amide bonds. The van der Waals surface area contributed by atoms with Gasteiger partial charge < -0.3 is 19.9 Å². The number of rotatable bonds is 3. The molecule has 0 aliphatic heterocycles. The van der Waals surface area contributed by atoms with Crippen LogP contribution in [0.15, 0.2) is 22.6 Å². The number of nitrogens with one attached hydrogen (secondary N) is 1. The lowest BCUT2D eigenvalue weighted by atomic mass is 9.85. The molecule has 1 heterocycles. The highest BCUT2D eigenvalue weighted by molar-refractivity contribution is 5.74. The van der Waals surface area contributed by atoms with Crippen molar-refractivity contribution in [1.29, 1.82) is 0 Å². The zero-order chi connectivity index (χ0) is 14.6. The molecule has 0 unspecified atom stereocenters. The van der Waals surface area contributed by atoms with Crippen LogP contribution in [0.2, 0.25) is 0 Å². The molecular formula is C15H17FN2O3. The number of anilines is 1. The Labute approximate surface area is 120 Å². The van der Waals surface area contributed by atoms with Gasteiger partial charge in [0, 0.05) is 6.54 Å². The van der Waals surface area contributed by atoms with Crippen molar-refractivity contribution in [3.8, 4) is 0 Å². The van der Waals surface area contributed by atoms with Crippen LogP contribution in [0.1, 0.15) is 12.8 Å². The largest absolute Gasteiger partial charge is 0.420 e. The van der Waals surface area contributed by atoms with Gasteiger partial charge in [-0.25, -0.2) is 4.39 Å². The van der Waals surface area contributed by atoms with E-state index in [1.54, 1.807) is 12.1 Å². The Bertz CT molecular complexity index is 672. The average Bonchev–Trinajstić information content (AvgIpc) is 3.13. The minimum absolute atomic E-state index is 0.124. The van der Waals surface area contributed by atoms with E-state index in [4.69, 9.17) is 4.42 Å². The average molecular weight is 292 g/mol. The van der Waals surface area contributed by atoms with Crippen LogP contribution in [-0.2, 0) is 0 Å². The van der Waals surface area contributed by atoms with Gasteiger partial charge in [-0.1, -0.05) is 6.07 Å². The van der Waals surface area contributed by atoms with Crippen molar-refractivity contribution >= 4 is 17.1 Å². The highest BCUT2D eigenvalue weighted by Crippen LogP contribution is 2.48. The number of hydrogen-bond acceptors (Lipinski definition) is 5. The predicted octanol–water partition coefficient (Wildman–Crippen LogP) is 1.76. The van der Waals surface area contributed by atoms with Crippen molar-refractivity contribution < 1.29 is 19.0 Å². The molecule has 0 saturated heterocycles. The summed E-state index contributed by atoms with van der Waals surface area (Å²) in [6.07, 6.45) is 0.558. The van der Waals surface area contributed by atoms with Crippen LogP contribution in [0.25, 0.3) is 11.1 Å². The molecule has 2 aromatic rings. The molecule has 6 heteroatoms. The maximum atomic E-state index is 13.5. The third-order valence-corrected chi connectivity index (χ3v) is 4.94. The summed E-state index contributed by atoms with van der Waals surface area (Å²) in [6, 6.07) is 4.93. The van der Waals surface area contributed by atoms with E-state index in [9.17, 15) is 14.6 Å². The molecule has 5 nitrogen and oxygen atoms in total. The van der Waals surface area contributed by atoms with Gasteiger partial charge in [0.05, 0.1) is 12.2 Å². The molecule has 3 N–H and O–H groups in total. The molecule has 21 heavy (non-hydrogen) atoms. The van der Waals surface area contributed by atoms with Crippen LogP contribution in [0.3, 0.4) is 0 Å². The van der Waals surface area contributed by atoms with Crippen LogP contribution in [0.5, 0.6) is 0 Å². The third-order valence-electron chi connectivity index (χ3n) is 4.94. The smallest absolute Gasteiger partial charge is 0.295 e. The van der Waals surface area contributed by atoms with Crippen LogP contribution in [0, 0.1) is 23.6 Å². The number of oxazole rings is 1. The maximum absolute atomic E-state index is 13.5. The fraction of sp³-hybridized carbons (Fsp3) is 0.533. The lowest BCUT2D eigenvalue weighted by Crippen LogP contribution is -2.38. The summed E-state index contributed by atoms with van der Waals surface area (Å²) in [6.45, 7) is 0.611. The van der Waals surface area contributed by atoms with E-state index < -0.39 is 18.0 Å². The molecule has 2 aliphatic carbocycles. The number of hydrogen-bond donors (Lipinski definition) is 3. The number of fused-ring (bicyclic) bond motifs is 3. The first-order chi connectivity index (χ1) is 10.1. The van der Waals surface area contributed by atoms with Crippen molar-refractivity contribution in [2.45, 2.75) is 25.0 Å². The number of halogens is 1. The number of aliphatic hydroxyl groups is 2. The number of benzene rings is 1. The van der Waals surface area contributed by atoms with Crippen molar-refractivity contribution in [2.75, 3.05) is 11.9 Å². The first-order valence-electron chi connectivity index (χ1n) is 7.28. The number of para-hydroxylation sites is 1. The van der Waals surface area contributed by atoms with Gasteiger partial charge in [0.2, 0.25) is 0 Å². The van der Waals surface area contributed by atoms with E-state index in [-0.39, 0.29) is 23.3 Å². The van der Waals surface area contributed by atoms with Crippen molar-refractivity contribution in [2.24, 2.45) is 17.8 Å². The molecule has 2 fully saturated rings. The summed E-state index contributed by atoms with van der Waals surface area (Å²) in [7, 11) is 0. The Kier molecular flexibility index (Phi) is 2.90. The summed E-state index contributed by atoms with van der Waals surface area (Å²) in [5, 5.41) is 22.8. The molecule has 0 radical (unpaired) electrons. The summed E-state index contributed by atoms with van der Waals surface area (Å²) in [4.78, 5) is 4.20. The monoisotopic (exact) mass is 292 g/mol. The van der Waals surface area contributed by atoms with Gasteiger partial charge in [0.25, 0.3) is 6.01 Å². The van der Waals surface area contributed by atoms with Gasteiger partial charge in [0.1, 0.15) is 5.52 Å². The fourth-order valence-electron chi connectivity index (χ4n) is 3.88. The Hall–Kier alpha value is -1.66. The maximum Gasteiger partial charge on any atom is 0.295 e. The van der Waals surface area contributed by atoms with E-state index in [0.717, 1.165) is 12.8 Å². The molecule has 5 atom stereocenters. The van der Waals surface area contributed by atoms with Gasteiger partial charge in [-0.2, -0.15) is 4.98 Å². The highest BCUT2D eigenvalue weighted by Gasteiger charge is 2.51. The first kappa shape index (κ1) is 13.0. The molecule has 112 valence electrons. The summed E-state index contributed by atoms with van der Waals surface area (Å²) < 4.78 is 18.9. The van der Waals surface area contributed by atoms with Crippen LogP contribution in [-0.4, -0.2) is 33.9 Å².